The lowest BCUT2D eigenvalue weighted by atomic mass is 10.0. The standard InChI is InChI=1S/C11H14N4O5/c1-11(2,5-8(12)16)14-9-7(15(19)20)4-3-6(13-9)10(17)18/h3-4H,5H2,1-2H3,(H2,12,16)(H,13,14)(H,17,18). The lowest BCUT2D eigenvalue weighted by Crippen LogP contribution is -2.36. The second-order valence-electron chi connectivity index (χ2n) is 4.78. The quantitative estimate of drug-likeness (QED) is 0.514. The van der Waals surface area contributed by atoms with Gasteiger partial charge in [0.1, 0.15) is 0 Å². The second kappa shape index (κ2) is 5.51. The smallest absolute Gasteiger partial charge is 0.354 e. The van der Waals surface area contributed by atoms with Crippen molar-refractivity contribution in [3.8, 4) is 0 Å². The van der Waals surface area contributed by atoms with Gasteiger partial charge in [0, 0.05) is 18.0 Å². The van der Waals surface area contributed by atoms with E-state index in [1.54, 1.807) is 13.8 Å². The summed E-state index contributed by atoms with van der Waals surface area (Å²) in [7, 11) is 0. The normalized spacial score (nSPS) is 10.9. The third kappa shape index (κ3) is 3.90. The Kier molecular flexibility index (Phi) is 4.23. The number of carboxylic acids is 1. The SMILES string of the molecule is CC(C)(CC(N)=O)Nc1nc(C(=O)O)ccc1[N+](=O)[O-]. The Morgan fingerprint density at radius 2 is 2.10 bits per heavy atom. The van der Waals surface area contributed by atoms with Gasteiger partial charge >= 0.3 is 11.7 Å². The molecule has 0 radical (unpaired) electrons. The van der Waals surface area contributed by atoms with Crippen LogP contribution in [0.2, 0.25) is 0 Å². The van der Waals surface area contributed by atoms with Crippen LogP contribution in [-0.2, 0) is 4.79 Å². The molecular weight excluding hydrogens is 268 g/mol. The van der Waals surface area contributed by atoms with Crippen LogP contribution in [0.3, 0.4) is 0 Å². The average molecular weight is 282 g/mol. The summed E-state index contributed by atoms with van der Waals surface area (Å²) in [4.78, 5) is 35.7. The van der Waals surface area contributed by atoms with Crippen LogP contribution in [0, 0.1) is 10.1 Å². The number of hydrogen-bond donors (Lipinski definition) is 3. The monoisotopic (exact) mass is 282 g/mol. The number of pyridine rings is 1. The number of nitrogens with one attached hydrogen (secondary N) is 1. The molecule has 0 atom stereocenters. The zero-order valence-electron chi connectivity index (χ0n) is 10.9. The molecule has 108 valence electrons. The highest BCUT2D eigenvalue weighted by molar-refractivity contribution is 5.86. The molecule has 0 aliphatic rings. The Hall–Kier alpha value is -2.71. The van der Waals surface area contributed by atoms with E-state index in [9.17, 15) is 19.7 Å². The summed E-state index contributed by atoms with van der Waals surface area (Å²) in [5, 5.41) is 22.4. The van der Waals surface area contributed by atoms with Gasteiger partial charge in [-0.25, -0.2) is 9.78 Å². The molecule has 1 heterocycles. The summed E-state index contributed by atoms with van der Waals surface area (Å²) in [5.41, 5.74) is 3.46. The lowest BCUT2D eigenvalue weighted by molar-refractivity contribution is -0.384. The number of carbonyl (C=O) groups excluding carboxylic acids is 1. The van der Waals surface area contributed by atoms with Gasteiger partial charge in [0.25, 0.3) is 0 Å². The molecule has 1 aromatic heterocycles. The minimum absolute atomic E-state index is 0.0941. The summed E-state index contributed by atoms with van der Waals surface area (Å²) in [6.45, 7) is 3.19. The van der Waals surface area contributed by atoms with Gasteiger partial charge < -0.3 is 16.2 Å². The molecule has 4 N–H and O–H groups in total. The fourth-order valence-corrected chi connectivity index (χ4v) is 1.61. The van der Waals surface area contributed by atoms with E-state index in [1.807, 2.05) is 0 Å². The van der Waals surface area contributed by atoms with Crippen molar-refractivity contribution in [2.24, 2.45) is 5.73 Å². The van der Waals surface area contributed by atoms with Gasteiger partial charge in [0.2, 0.25) is 11.7 Å². The number of carboxylic acid groups (broad SMARTS) is 1. The predicted molar refractivity (Wildman–Crippen MR) is 69.4 cm³/mol. The third-order valence-corrected chi connectivity index (χ3v) is 2.36. The fourth-order valence-electron chi connectivity index (χ4n) is 1.61. The first kappa shape index (κ1) is 15.3. The van der Waals surface area contributed by atoms with Gasteiger partial charge in [-0.3, -0.25) is 14.9 Å². The van der Waals surface area contributed by atoms with E-state index in [0.29, 0.717) is 0 Å². The zero-order chi connectivity index (χ0) is 15.5. The van der Waals surface area contributed by atoms with E-state index < -0.39 is 22.3 Å². The summed E-state index contributed by atoms with van der Waals surface area (Å²) in [6, 6.07) is 2.08. The van der Waals surface area contributed by atoms with E-state index in [-0.39, 0.29) is 23.6 Å². The summed E-state index contributed by atoms with van der Waals surface area (Å²) >= 11 is 0. The van der Waals surface area contributed by atoms with Crippen molar-refractivity contribution in [1.82, 2.24) is 4.98 Å². The van der Waals surface area contributed by atoms with Crippen LogP contribution >= 0.6 is 0 Å². The minimum atomic E-state index is -1.31. The third-order valence-electron chi connectivity index (χ3n) is 2.36. The molecule has 0 unspecified atom stereocenters. The van der Waals surface area contributed by atoms with Crippen molar-refractivity contribution in [3.63, 3.8) is 0 Å². The number of aromatic carboxylic acids is 1. The second-order valence-corrected chi connectivity index (χ2v) is 4.78. The molecule has 0 fully saturated rings. The number of amides is 1. The maximum absolute atomic E-state index is 10.9. The first-order chi connectivity index (χ1) is 9.12. The molecule has 0 saturated heterocycles. The van der Waals surface area contributed by atoms with Crippen LogP contribution in [-0.4, -0.2) is 32.4 Å². The summed E-state index contributed by atoms with van der Waals surface area (Å²) in [5.74, 6) is -2.13. The van der Waals surface area contributed by atoms with Gasteiger partial charge in [0.15, 0.2) is 5.69 Å². The maximum atomic E-state index is 10.9. The maximum Gasteiger partial charge on any atom is 0.354 e. The number of nitrogens with zero attached hydrogens (tertiary/aromatic N) is 2. The number of primary amides is 1. The number of hydrogen-bond acceptors (Lipinski definition) is 6. The van der Waals surface area contributed by atoms with Gasteiger partial charge in [-0.15, -0.1) is 0 Å². The van der Waals surface area contributed by atoms with Gasteiger partial charge in [-0.1, -0.05) is 0 Å². The van der Waals surface area contributed by atoms with Gasteiger partial charge in [-0.05, 0) is 19.9 Å². The molecule has 20 heavy (non-hydrogen) atoms. The Bertz CT molecular complexity index is 570. The highest BCUT2D eigenvalue weighted by atomic mass is 16.6. The number of nitro groups is 1. The van der Waals surface area contributed by atoms with Crippen molar-refractivity contribution in [2.45, 2.75) is 25.8 Å². The molecular formula is C11H14N4O5. The fraction of sp³-hybridized carbons (Fsp3) is 0.364. The highest BCUT2D eigenvalue weighted by Gasteiger charge is 2.26. The van der Waals surface area contributed by atoms with Crippen LogP contribution in [0.5, 0.6) is 0 Å². The molecule has 1 amide bonds. The van der Waals surface area contributed by atoms with E-state index >= 15 is 0 Å². The molecule has 0 aliphatic heterocycles. The first-order valence-corrected chi connectivity index (χ1v) is 5.57. The summed E-state index contributed by atoms with van der Waals surface area (Å²) in [6.07, 6.45) is -0.0941. The highest BCUT2D eigenvalue weighted by Crippen LogP contribution is 2.26. The largest absolute Gasteiger partial charge is 0.477 e. The molecule has 0 aliphatic carbocycles. The van der Waals surface area contributed by atoms with E-state index in [1.165, 1.54) is 0 Å². The lowest BCUT2D eigenvalue weighted by Gasteiger charge is -2.25. The van der Waals surface area contributed by atoms with Crippen LogP contribution in [0.25, 0.3) is 0 Å². The molecule has 1 rings (SSSR count). The van der Waals surface area contributed by atoms with Crippen LogP contribution in [0.1, 0.15) is 30.8 Å². The number of rotatable bonds is 6. The van der Waals surface area contributed by atoms with Gasteiger partial charge in [-0.2, -0.15) is 0 Å². The zero-order valence-corrected chi connectivity index (χ0v) is 10.9. The molecule has 0 saturated carbocycles. The average Bonchev–Trinajstić information content (AvgIpc) is 2.25. The number of aromatic nitrogens is 1. The Morgan fingerprint density at radius 3 is 2.55 bits per heavy atom. The van der Waals surface area contributed by atoms with Crippen LogP contribution in [0.15, 0.2) is 12.1 Å². The van der Waals surface area contributed by atoms with Crippen molar-refractivity contribution >= 4 is 23.4 Å². The Labute approximate surface area is 114 Å². The van der Waals surface area contributed by atoms with Crippen LogP contribution in [0.4, 0.5) is 11.5 Å². The van der Waals surface area contributed by atoms with E-state index in [4.69, 9.17) is 10.8 Å². The molecule has 9 heteroatoms. The van der Waals surface area contributed by atoms with Crippen molar-refractivity contribution < 1.29 is 19.6 Å². The molecule has 0 bridgehead atoms. The topological polar surface area (TPSA) is 148 Å². The minimum Gasteiger partial charge on any atom is -0.477 e. The molecule has 9 nitrogen and oxygen atoms in total. The predicted octanol–water partition coefficient (Wildman–Crippen LogP) is 0.754. The van der Waals surface area contributed by atoms with Crippen molar-refractivity contribution in [2.75, 3.05) is 5.32 Å². The summed E-state index contributed by atoms with van der Waals surface area (Å²) < 4.78 is 0. The van der Waals surface area contributed by atoms with Crippen LogP contribution < -0.4 is 11.1 Å². The first-order valence-electron chi connectivity index (χ1n) is 5.57. The number of carbonyl (C=O) groups is 2. The molecule has 0 aromatic carbocycles. The van der Waals surface area contributed by atoms with E-state index in [2.05, 4.69) is 10.3 Å². The Balaban J connectivity index is 3.19. The number of nitrogens with two attached hydrogens (primary N) is 1. The van der Waals surface area contributed by atoms with Crippen molar-refractivity contribution in [3.05, 3.63) is 27.9 Å². The van der Waals surface area contributed by atoms with Gasteiger partial charge in [0.05, 0.1) is 4.92 Å². The number of anilines is 1. The van der Waals surface area contributed by atoms with E-state index in [0.717, 1.165) is 12.1 Å². The molecule has 1 aromatic rings. The molecule has 0 spiro atoms. The Morgan fingerprint density at radius 1 is 1.50 bits per heavy atom. The van der Waals surface area contributed by atoms with Crippen molar-refractivity contribution in [1.29, 1.82) is 0 Å².